The Balaban J connectivity index is 1.17. The van der Waals surface area contributed by atoms with Crippen molar-refractivity contribution in [2.75, 3.05) is 32.8 Å². The molecule has 2 fully saturated rings. The first-order chi connectivity index (χ1) is 18.4. The lowest BCUT2D eigenvalue weighted by Crippen LogP contribution is -2.46. The van der Waals surface area contributed by atoms with E-state index in [0.717, 1.165) is 58.5 Å². The molecule has 4 aromatic heterocycles. The Bertz CT molecular complexity index is 1450. The van der Waals surface area contributed by atoms with Gasteiger partial charge in [0.25, 0.3) is 0 Å². The number of thiazole rings is 1. The number of H-pyrrole nitrogens is 1. The molecule has 10 heteroatoms. The molecule has 4 aromatic rings. The van der Waals surface area contributed by atoms with Gasteiger partial charge in [-0.2, -0.15) is 5.10 Å². The number of pyridine rings is 1. The number of morpholine rings is 1. The van der Waals surface area contributed by atoms with E-state index in [1.165, 1.54) is 16.1 Å². The van der Waals surface area contributed by atoms with Gasteiger partial charge in [0.15, 0.2) is 5.65 Å². The molecule has 1 saturated heterocycles. The molecule has 1 amide bonds. The lowest BCUT2D eigenvalue weighted by atomic mass is 9.86. The van der Waals surface area contributed by atoms with Crippen molar-refractivity contribution < 1.29 is 9.53 Å². The fourth-order valence-corrected chi connectivity index (χ4v) is 7.16. The number of aryl methyl sites for hydroxylation is 1. The summed E-state index contributed by atoms with van der Waals surface area (Å²) in [7, 11) is 0. The van der Waals surface area contributed by atoms with Gasteiger partial charge in [-0.05, 0) is 56.6 Å². The van der Waals surface area contributed by atoms with Crippen LogP contribution in [0.1, 0.15) is 73.1 Å². The van der Waals surface area contributed by atoms with Gasteiger partial charge in [-0.1, -0.05) is 13.8 Å². The van der Waals surface area contributed by atoms with Crippen molar-refractivity contribution in [3.05, 3.63) is 34.2 Å². The number of rotatable bonds is 6. The van der Waals surface area contributed by atoms with Crippen LogP contribution in [0, 0.1) is 13.8 Å². The minimum Gasteiger partial charge on any atom is -0.378 e. The molecule has 1 aliphatic carbocycles. The summed E-state index contributed by atoms with van der Waals surface area (Å²) in [6, 6.07) is 0.400. The zero-order valence-corrected chi connectivity index (χ0v) is 23.5. The van der Waals surface area contributed by atoms with E-state index in [4.69, 9.17) is 9.72 Å². The summed E-state index contributed by atoms with van der Waals surface area (Å²) >= 11 is 1.81. The maximum Gasteiger partial charge on any atom is 0.236 e. The predicted molar refractivity (Wildman–Crippen MR) is 150 cm³/mol. The highest BCUT2D eigenvalue weighted by molar-refractivity contribution is 7.18. The third kappa shape index (κ3) is 4.63. The molecule has 0 radical (unpaired) electrons. The van der Waals surface area contributed by atoms with E-state index >= 15 is 0 Å². The molecule has 38 heavy (non-hydrogen) atoms. The maximum absolute atomic E-state index is 12.5. The Hall–Kier alpha value is -2.82. The van der Waals surface area contributed by atoms with Crippen LogP contribution in [0.4, 0.5) is 0 Å². The van der Waals surface area contributed by atoms with Gasteiger partial charge in [0, 0.05) is 42.4 Å². The molecular weight excluding hydrogens is 498 g/mol. The van der Waals surface area contributed by atoms with Gasteiger partial charge < -0.3 is 19.9 Å². The second kappa shape index (κ2) is 10.4. The number of aromatic amines is 1. The number of aromatic nitrogens is 5. The van der Waals surface area contributed by atoms with Gasteiger partial charge >= 0.3 is 0 Å². The molecule has 1 aliphatic heterocycles. The smallest absolute Gasteiger partial charge is 0.236 e. The number of carbonyl (C=O) groups excluding carboxylic acids is 1. The highest BCUT2D eigenvalue weighted by Gasteiger charge is 2.28. The van der Waals surface area contributed by atoms with Crippen LogP contribution in [0.3, 0.4) is 0 Å². The number of amides is 1. The molecule has 6 rings (SSSR count). The second-order valence-corrected chi connectivity index (χ2v) is 12.1. The zero-order chi connectivity index (χ0) is 26.4. The normalized spacial score (nSPS) is 20.7. The average molecular weight is 536 g/mol. The van der Waals surface area contributed by atoms with E-state index in [1.54, 1.807) is 6.33 Å². The van der Waals surface area contributed by atoms with Crippen LogP contribution in [0.25, 0.3) is 27.3 Å². The molecule has 2 N–H and O–H groups in total. The van der Waals surface area contributed by atoms with Crippen LogP contribution in [-0.2, 0) is 9.53 Å². The van der Waals surface area contributed by atoms with Crippen LogP contribution < -0.4 is 5.32 Å². The van der Waals surface area contributed by atoms with Crippen LogP contribution in [0.15, 0.2) is 12.5 Å². The van der Waals surface area contributed by atoms with Crippen molar-refractivity contribution in [3.8, 4) is 11.3 Å². The fraction of sp³-hybridized carbons (Fsp3) is 0.571. The van der Waals surface area contributed by atoms with Gasteiger partial charge in [-0.25, -0.2) is 14.5 Å². The lowest BCUT2D eigenvalue weighted by molar-refractivity contribution is -0.134. The average Bonchev–Trinajstić information content (AvgIpc) is 3.64. The van der Waals surface area contributed by atoms with Gasteiger partial charge in [-0.3, -0.25) is 4.79 Å². The molecule has 5 heterocycles. The highest BCUT2D eigenvalue weighted by atomic mass is 32.1. The number of nitrogens with zero attached hydrogens (tertiary/aromatic N) is 5. The third-order valence-electron chi connectivity index (χ3n) is 8.36. The van der Waals surface area contributed by atoms with Crippen LogP contribution in [0.5, 0.6) is 0 Å². The summed E-state index contributed by atoms with van der Waals surface area (Å²) in [5.74, 6) is 1.01. The Labute approximate surface area is 227 Å². The van der Waals surface area contributed by atoms with Gasteiger partial charge in [0.05, 0.1) is 30.5 Å². The number of fused-ring (bicyclic) bond motifs is 2. The Morgan fingerprint density at radius 3 is 2.68 bits per heavy atom. The monoisotopic (exact) mass is 535 g/mol. The van der Waals surface area contributed by atoms with Crippen molar-refractivity contribution in [3.63, 3.8) is 0 Å². The highest BCUT2D eigenvalue weighted by Crippen LogP contribution is 2.42. The van der Waals surface area contributed by atoms with Crippen LogP contribution >= 0.6 is 11.3 Å². The summed E-state index contributed by atoms with van der Waals surface area (Å²) in [5, 5.41) is 9.15. The number of nitrogens with one attached hydrogen (secondary N) is 2. The van der Waals surface area contributed by atoms with E-state index in [2.05, 4.69) is 54.3 Å². The summed E-state index contributed by atoms with van der Waals surface area (Å²) in [5.41, 5.74) is 7.98. The zero-order valence-electron chi connectivity index (χ0n) is 22.7. The first-order valence-corrected chi connectivity index (χ1v) is 14.6. The van der Waals surface area contributed by atoms with Crippen LogP contribution in [-0.4, -0.2) is 74.3 Å². The maximum atomic E-state index is 12.5. The van der Waals surface area contributed by atoms with Gasteiger partial charge in [0.1, 0.15) is 16.7 Å². The van der Waals surface area contributed by atoms with E-state index in [-0.39, 0.29) is 5.91 Å². The number of ether oxygens (including phenoxy) is 1. The number of carbonyl (C=O) groups is 1. The minimum atomic E-state index is 0.190. The molecule has 0 bridgehead atoms. The number of hydrogen-bond acceptors (Lipinski definition) is 7. The predicted octanol–water partition coefficient (Wildman–Crippen LogP) is 4.55. The lowest BCUT2D eigenvalue weighted by Gasteiger charge is -2.30. The molecule has 0 spiro atoms. The summed E-state index contributed by atoms with van der Waals surface area (Å²) in [6.07, 6.45) is 8.06. The molecule has 0 unspecified atom stereocenters. The minimum absolute atomic E-state index is 0.190. The van der Waals surface area contributed by atoms with Gasteiger partial charge in [0.2, 0.25) is 5.91 Å². The quantitative estimate of drug-likeness (QED) is 0.376. The number of hydrogen-bond donors (Lipinski definition) is 2. The van der Waals surface area contributed by atoms with Crippen molar-refractivity contribution in [1.82, 2.24) is 34.8 Å². The molecule has 202 valence electrons. The Morgan fingerprint density at radius 2 is 1.95 bits per heavy atom. The van der Waals surface area contributed by atoms with E-state index in [0.29, 0.717) is 50.7 Å². The fourth-order valence-electron chi connectivity index (χ4n) is 6.01. The standard InChI is InChI=1S/C28H37N7O2S/c1-16(2)23-24(21-14-35-26(30-15-31-35)18(4)17(21)3)32-28-25(23)33-27(38-28)19-5-7-20(8-6-19)29-13-22(36)34-9-11-37-12-10-34/h14-16,19-20,29,32H,5-13H2,1-4H3. The third-order valence-corrected chi connectivity index (χ3v) is 9.50. The van der Waals surface area contributed by atoms with E-state index in [9.17, 15) is 4.79 Å². The van der Waals surface area contributed by atoms with E-state index < -0.39 is 0 Å². The van der Waals surface area contributed by atoms with Crippen molar-refractivity contribution in [2.45, 2.75) is 71.3 Å². The van der Waals surface area contributed by atoms with Crippen LogP contribution in [0.2, 0.25) is 0 Å². The molecule has 1 saturated carbocycles. The second-order valence-electron chi connectivity index (χ2n) is 11.0. The Morgan fingerprint density at radius 1 is 1.18 bits per heavy atom. The first kappa shape index (κ1) is 25.5. The molecule has 0 atom stereocenters. The van der Waals surface area contributed by atoms with Crippen molar-refractivity contribution in [2.24, 2.45) is 0 Å². The molecule has 0 aromatic carbocycles. The summed E-state index contributed by atoms with van der Waals surface area (Å²) < 4.78 is 7.23. The SMILES string of the molecule is Cc1c(-c2[nH]c3sc(C4CCC(NCC(=O)N5CCOCC5)CC4)nc3c2C(C)C)cn2ncnc2c1C. The van der Waals surface area contributed by atoms with E-state index in [1.807, 2.05) is 20.8 Å². The topological polar surface area (TPSA) is 100 Å². The Kier molecular flexibility index (Phi) is 6.96. The molecular formula is C28H37N7O2S. The van der Waals surface area contributed by atoms with Crippen molar-refractivity contribution >= 4 is 33.2 Å². The van der Waals surface area contributed by atoms with Crippen molar-refractivity contribution in [1.29, 1.82) is 0 Å². The largest absolute Gasteiger partial charge is 0.378 e. The summed E-state index contributed by atoms with van der Waals surface area (Å²) in [4.78, 5) is 29.0. The molecule has 9 nitrogen and oxygen atoms in total. The summed E-state index contributed by atoms with van der Waals surface area (Å²) in [6.45, 7) is 11.9. The molecule has 2 aliphatic rings. The van der Waals surface area contributed by atoms with Gasteiger partial charge in [-0.15, -0.1) is 11.3 Å². The first-order valence-electron chi connectivity index (χ1n) is 13.8.